The van der Waals surface area contributed by atoms with E-state index in [1.165, 1.54) is 6.20 Å². The minimum atomic E-state index is -0.503. The van der Waals surface area contributed by atoms with E-state index in [9.17, 15) is 9.59 Å². The number of anilines is 1. The fourth-order valence-corrected chi connectivity index (χ4v) is 5.51. The van der Waals surface area contributed by atoms with E-state index in [1.807, 2.05) is 37.3 Å². The molecule has 2 fully saturated rings. The molecule has 5 rings (SSSR count). The van der Waals surface area contributed by atoms with E-state index in [4.69, 9.17) is 5.73 Å². The molecule has 0 aromatic carbocycles. The van der Waals surface area contributed by atoms with E-state index in [2.05, 4.69) is 22.4 Å². The third-order valence-corrected chi connectivity index (χ3v) is 7.28. The normalized spacial score (nSPS) is 24.8. The first-order valence-corrected chi connectivity index (χ1v) is 11.2. The van der Waals surface area contributed by atoms with Gasteiger partial charge >= 0.3 is 0 Å². The van der Waals surface area contributed by atoms with Crippen molar-refractivity contribution in [2.75, 3.05) is 18.4 Å². The van der Waals surface area contributed by atoms with E-state index >= 15 is 0 Å². The van der Waals surface area contributed by atoms with Crippen molar-refractivity contribution in [3.63, 3.8) is 0 Å². The maximum atomic E-state index is 12.2. The lowest BCUT2D eigenvalue weighted by atomic mass is 9.93. The Hall–Kier alpha value is -3.36. The van der Waals surface area contributed by atoms with Gasteiger partial charge in [-0.05, 0) is 30.2 Å². The SMILES string of the molecule is CCC(=O)N1C[C@H]2C[C@@H](Nc3c(C(N)=O)cnn4cc(-c5cnn(C)c5)cc34)[C@H](C)[C@H]2C1. The summed E-state index contributed by atoms with van der Waals surface area (Å²) in [7, 11) is 1.88. The molecular weight excluding hydrogens is 406 g/mol. The molecule has 3 aromatic heterocycles. The molecule has 9 nitrogen and oxygen atoms in total. The number of nitrogens with one attached hydrogen (secondary N) is 1. The van der Waals surface area contributed by atoms with E-state index in [-0.39, 0.29) is 11.9 Å². The Kier molecular flexibility index (Phi) is 4.91. The van der Waals surface area contributed by atoms with E-state index < -0.39 is 5.91 Å². The average molecular weight is 436 g/mol. The summed E-state index contributed by atoms with van der Waals surface area (Å²) in [4.78, 5) is 26.4. The van der Waals surface area contributed by atoms with Crippen LogP contribution >= 0.6 is 0 Å². The zero-order valence-corrected chi connectivity index (χ0v) is 18.7. The van der Waals surface area contributed by atoms with Crippen molar-refractivity contribution >= 4 is 23.0 Å². The fourth-order valence-electron chi connectivity index (χ4n) is 5.51. The second kappa shape index (κ2) is 7.65. The minimum absolute atomic E-state index is 0.199. The van der Waals surface area contributed by atoms with Crippen molar-refractivity contribution in [1.29, 1.82) is 0 Å². The van der Waals surface area contributed by atoms with Crippen LogP contribution in [0.5, 0.6) is 0 Å². The molecule has 0 radical (unpaired) electrons. The van der Waals surface area contributed by atoms with E-state index in [0.29, 0.717) is 29.7 Å². The highest BCUT2D eigenvalue weighted by Gasteiger charge is 2.47. The van der Waals surface area contributed by atoms with Gasteiger partial charge in [0.2, 0.25) is 5.91 Å². The van der Waals surface area contributed by atoms with Crippen LogP contribution in [0.1, 0.15) is 37.0 Å². The van der Waals surface area contributed by atoms with Crippen molar-refractivity contribution < 1.29 is 9.59 Å². The van der Waals surface area contributed by atoms with E-state index in [1.54, 1.807) is 15.4 Å². The van der Waals surface area contributed by atoms with Crippen molar-refractivity contribution in [2.24, 2.45) is 30.5 Å². The number of carbonyl (C=O) groups excluding carboxylic acids is 2. The lowest BCUT2D eigenvalue weighted by Crippen LogP contribution is -2.33. The maximum Gasteiger partial charge on any atom is 0.252 e. The Morgan fingerprint density at radius 3 is 2.66 bits per heavy atom. The van der Waals surface area contributed by atoms with Crippen LogP contribution < -0.4 is 11.1 Å². The monoisotopic (exact) mass is 435 g/mol. The van der Waals surface area contributed by atoms with Gasteiger partial charge in [0.1, 0.15) is 0 Å². The first-order chi connectivity index (χ1) is 15.4. The second-order valence-corrected chi connectivity index (χ2v) is 9.18. The maximum absolute atomic E-state index is 12.2. The number of aryl methyl sites for hydroxylation is 1. The Labute approximate surface area is 186 Å². The molecule has 1 saturated heterocycles. The standard InChI is InChI=1S/C23H29N7O2/c1-4-21(31)29-10-15-5-19(13(2)18(15)12-29)27-22-17(23(24)32)8-26-30-11-14(6-20(22)30)16-7-25-28(3)9-16/h6-9,11,13,15,18-19,27H,4-5,10,12H2,1-3H3,(H2,24,32)/t13-,15-,18-,19-/m1/s1. The summed E-state index contributed by atoms with van der Waals surface area (Å²) >= 11 is 0. The molecule has 9 heteroatoms. The molecule has 0 unspecified atom stereocenters. The molecular formula is C23H29N7O2. The van der Waals surface area contributed by atoms with Crippen LogP contribution in [-0.4, -0.2) is 55.2 Å². The highest BCUT2D eigenvalue weighted by Crippen LogP contribution is 2.44. The van der Waals surface area contributed by atoms with Crippen LogP contribution in [0.3, 0.4) is 0 Å². The first-order valence-electron chi connectivity index (χ1n) is 11.2. The number of carbonyl (C=O) groups is 2. The van der Waals surface area contributed by atoms with Gasteiger partial charge in [-0.25, -0.2) is 4.52 Å². The van der Waals surface area contributed by atoms with Crippen LogP contribution in [0.15, 0.2) is 30.9 Å². The largest absolute Gasteiger partial charge is 0.380 e. The summed E-state index contributed by atoms with van der Waals surface area (Å²) in [5, 5.41) is 12.3. The smallest absolute Gasteiger partial charge is 0.252 e. The van der Waals surface area contributed by atoms with Gasteiger partial charge in [-0.15, -0.1) is 0 Å². The molecule has 2 aliphatic rings. The van der Waals surface area contributed by atoms with E-state index in [0.717, 1.165) is 41.8 Å². The fraction of sp³-hybridized carbons (Fsp3) is 0.478. The zero-order valence-electron chi connectivity index (χ0n) is 18.7. The molecule has 1 saturated carbocycles. The number of nitrogens with zero attached hydrogens (tertiary/aromatic N) is 5. The van der Waals surface area contributed by atoms with Crippen LogP contribution in [0.4, 0.5) is 5.69 Å². The summed E-state index contributed by atoms with van der Waals surface area (Å²) < 4.78 is 3.53. The van der Waals surface area contributed by atoms with Gasteiger partial charge in [-0.2, -0.15) is 10.2 Å². The van der Waals surface area contributed by atoms with Crippen LogP contribution in [0.2, 0.25) is 0 Å². The van der Waals surface area contributed by atoms with Gasteiger partial charge in [0, 0.05) is 56.1 Å². The second-order valence-electron chi connectivity index (χ2n) is 9.18. The summed E-state index contributed by atoms with van der Waals surface area (Å²) in [5.41, 5.74) is 9.59. The Morgan fingerprint density at radius 2 is 2.00 bits per heavy atom. The number of likely N-dealkylation sites (tertiary alicyclic amines) is 1. The number of hydrogen-bond acceptors (Lipinski definition) is 5. The lowest BCUT2D eigenvalue weighted by Gasteiger charge is -2.25. The number of aromatic nitrogens is 4. The Morgan fingerprint density at radius 1 is 1.19 bits per heavy atom. The summed E-state index contributed by atoms with van der Waals surface area (Å²) in [6, 6.07) is 2.21. The summed E-state index contributed by atoms with van der Waals surface area (Å²) in [6.45, 7) is 5.80. The number of hydrogen-bond donors (Lipinski definition) is 2. The van der Waals surface area contributed by atoms with Crippen LogP contribution in [0.25, 0.3) is 16.6 Å². The first kappa shape index (κ1) is 20.5. The topological polar surface area (TPSA) is 111 Å². The Balaban J connectivity index is 1.46. The van der Waals surface area contributed by atoms with Gasteiger partial charge < -0.3 is 16.0 Å². The molecule has 3 N–H and O–H groups in total. The number of fused-ring (bicyclic) bond motifs is 2. The van der Waals surface area contributed by atoms with Crippen LogP contribution in [-0.2, 0) is 11.8 Å². The van der Waals surface area contributed by atoms with Gasteiger partial charge in [0.05, 0.1) is 29.2 Å². The van der Waals surface area contributed by atoms with Crippen molar-refractivity contribution in [3.05, 3.63) is 36.4 Å². The molecule has 3 aromatic rings. The predicted molar refractivity (Wildman–Crippen MR) is 121 cm³/mol. The molecule has 2 amide bonds. The third kappa shape index (κ3) is 3.32. The molecule has 0 bridgehead atoms. The molecule has 4 heterocycles. The number of rotatable bonds is 5. The molecule has 4 atom stereocenters. The molecule has 0 spiro atoms. The highest BCUT2D eigenvalue weighted by molar-refractivity contribution is 6.02. The van der Waals surface area contributed by atoms with Crippen LogP contribution in [0, 0.1) is 17.8 Å². The number of amides is 2. The summed E-state index contributed by atoms with van der Waals surface area (Å²) in [5.74, 6) is 1.05. The van der Waals surface area contributed by atoms with Gasteiger partial charge in [0.15, 0.2) is 0 Å². The predicted octanol–water partition coefficient (Wildman–Crippen LogP) is 2.14. The number of primary amides is 1. The average Bonchev–Trinajstić information content (AvgIpc) is 3.52. The molecule has 32 heavy (non-hydrogen) atoms. The van der Waals surface area contributed by atoms with Gasteiger partial charge in [0.25, 0.3) is 5.91 Å². The zero-order chi connectivity index (χ0) is 22.6. The molecule has 1 aliphatic heterocycles. The highest BCUT2D eigenvalue weighted by atomic mass is 16.2. The third-order valence-electron chi connectivity index (χ3n) is 7.28. The molecule has 168 valence electrons. The van der Waals surface area contributed by atoms with Crippen molar-refractivity contribution in [1.82, 2.24) is 24.3 Å². The van der Waals surface area contributed by atoms with Gasteiger partial charge in [-0.1, -0.05) is 13.8 Å². The molecule has 1 aliphatic carbocycles. The number of nitrogens with two attached hydrogens (primary N) is 1. The minimum Gasteiger partial charge on any atom is -0.380 e. The Bertz CT molecular complexity index is 1200. The lowest BCUT2D eigenvalue weighted by molar-refractivity contribution is -0.130. The van der Waals surface area contributed by atoms with Gasteiger partial charge in [-0.3, -0.25) is 14.3 Å². The van der Waals surface area contributed by atoms with Crippen molar-refractivity contribution in [3.8, 4) is 11.1 Å². The van der Waals surface area contributed by atoms with Crippen molar-refractivity contribution in [2.45, 2.75) is 32.7 Å². The summed E-state index contributed by atoms with van der Waals surface area (Å²) in [6.07, 6.45) is 8.74. The quantitative estimate of drug-likeness (QED) is 0.638.